The van der Waals surface area contributed by atoms with Crippen LogP contribution in [0.4, 0.5) is 0 Å². The van der Waals surface area contributed by atoms with Crippen molar-refractivity contribution in [3.63, 3.8) is 0 Å². The lowest BCUT2D eigenvalue weighted by molar-refractivity contribution is -0.156. The highest BCUT2D eigenvalue weighted by Crippen LogP contribution is 2.25. The third-order valence-corrected chi connectivity index (χ3v) is 5.39. The molecule has 5 nitrogen and oxygen atoms in total. The lowest BCUT2D eigenvalue weighted by Crippen LogP contribution is -2.40. The highest BCUT2D eigenvalue weighted by atomic mass is 32.2. The molecule has 0 amide bonds. The minimum absolute atomic E-state index is 0.0918. The van der Waals surface area contributed by atoms with Crippen molar-refractivity contribution < 1.29 is 17.9 Å². The first-order chi connectivity index (χ1) is 8.97. The second-order valence-corrected chi connectivity index (χ2v) is 7.62. The van der Waals surface area contributed by atoms with Gasteiger partial charge < -0.3 is 4.74 Å². The summed E-state index contributed by atoms with van der Waals surface area (Å²) in [4.78, 5) is 12.0. The third kappa shape index (κ3) is 4.18. The van der Waals surface area contributed by atoms with Crippen LogP contribution in [-0.2, 0) is 19.6 Å². The minimum Gasteiger partial charge on any atom is -0.462 e. The first kappa shape index (κ1) is 14.8. The predicted molar refractivity (Wildman–Crippen MR) is 72.1 cm³/mol. The Kier molecular flexibility index (Phi) is 4.84. The molecule has 0 unspecified atom stereocenters. The van der Waals surface area contributed by atoms with Gasteiger partial charge >= 0.3 is 5.97 Å². The van der Waals surface area contributed by atoms with Crippen molar-refractivity contribution in [3.8, 4) is 0 Å². The monoisotopic (exact) mass is 289 g/mol. The van der Waals surface area contributed by atoms with Gasteiger partial charge in [0.25, 0.3) is 0 Å². The molecule has 0 radical (unpaired) electrons. The van der Waals surface area contributed by atoms with Crippen molar-refractivity contribution in [2.45, 2.75) is 51.0 Å². The van der Waals surface area contributed by atoms with Crippen LogP contribution in [0.1, 0.15) is 44.9 Å². The molecule has 0 atom stereocenters. The van der Waals surface area contributed by atoms with Gasteiger partial charge in [0.05, 0.1) is 12.2 Å². The Morgan fingerprint density at radius 2 is 1.63 bits per heavy atom. The van der Waals surface area contributed by atoms with Gasteiger partial charge in [-0.1, -0.05) is 6.42 Å². The Balaban J connectivity index is 1.79. The van der Waals surface area contributed by atoms with Gasteiger partial charge in [-0.05, 0) is 38.5 Å². The molecule has 1 aliphatic heterocycles. The van der Waals surface area contributed by atoms with Crippen molar-refractivity contribution in [1.82, 2.24) is 4.31 Å². The fourth-order valence-corrected chi connectivity index (χ4v) is 3.74. The van der Waals surface area contributed by atoms with E-state index in [1.807, 2.05) is 0 Å². The van der Waals surface area contributed by atoms with E-state index in [9.17, 15) is 13.2 Å². The number of esters is 1. The molecule has 0 aromatic carbocycles. The molecule has 0 aromatic heterocycles. The fourth-order valence-electron chi connectivity index (χ4n) is 2.87. The summed E-state index contributed by atoms with van der Waals surface area (Å²) in [5.74, 6) is -0.250. The van der Waals surface area contributed by atoms with Gasteiger partial charge in [-0.25, -0.2) is 12.7 Å². The van der Waals surface area contributed by atoms with Gasteiger partial charge in [-0.15, -0.1) is 0 Å². The topological polar surface area (TPSA) is 63.7 Å². The molecule has 6 heteroatoms. The number of piperidine rings is 1. The van der Waals surface area contributed by atoms with E-state index >= 15 is 0 Å². The highest BCUT2D eigenvalue weighted by molar-refractivity contribution is 7.88. The van der Waals surface area contributed by atoms with E-state index in [4.69, 9.17) is 4.74 Å². The molecular weight excluding hydrogens is 266 g/mol. The number of carbonyl (C=O) groups is 1. The van der Waals surface area contributed by atoms with Crippen LogP contribution in [0.25, 0.3) is 0 Å². The summed E-state index contributed by atoms with van der Waals surface area (Å²) < 4.78 is 29.8. The molecular formula is C13H23NO4S. The Hall–Kier alpha value is -0.620. The maximum absolute atomic E-state index is 12.0. The first-order valence-electron chi connectivity index (χ1n) is 7.12. The van der Waals surface area contributed by atoms with Gasteiger partial charge in [0.15, 0.2) is 0 Å². The van der Waals surface area contributed by atoms with Crippen molar-refractivity contribution in [3.05, 3.63) is 0 Å². The predicted octanol–water partition coefficient (Wildman–Crippen LogP) is 1.53. The summed E-state index contributed by atoms with van der Waals surface area (Å²) in [5.41, 5.74) is 0. The van der Waals surface area contributed by atoms with Gasteiger partial charge in [-0.3, -0.25) is 4.79 Å². The molecule has 1 aliphatic carbocycles. The molecule has 1 saturated carbocycles. The fraction of sp³-hybridized carbons (Fsp3) is 0.923. The number of hydrogen-bond donors (Lipinski definition) is 0. The Labute approximate surface area is 115 Å². The van der Waals surface area contributed by atoms with Crippen molar-refractivity contribution in [2.24, 2.45) is 5.92 Å². The number of sulfonamides is 1. The third-order valence-electron chi connectivity index (χ3n) is 4.09. The van der Waals surface area contributed by atoms with Crippen LogP contribution in [0.2, 0.25) is 0 Å². The number of rotatable bonds is 3. The minimum atomic E-state index is -3.12. The van der Waals surface area contributed by atoms with Crippen LogP contribution >= 0.6 is 0 Å². The van der Waals surface area contributed by atoms with Crippen LogP contribution < -0.4 is 0 Å². The van der Waals surface area contributed by atoms with Gasteiger partial charge in [0.1, 0.15) is 6.10 Å². The Bertz CT molecular complexity index is 406. The smallest absolute Gasteiger partial charge is 0.309 e. The second kappa shape index (κ2) is 6.22. The van der Waals surface area contributed by atoms with E-state index in [0.717, 1.165) is 25.7 Å². The zero-order chi connectivity index (χ0) is 13.9. The summed E-state index contributed by atoms with van der Waals surface area (Å²) >= 11 is 0. The quantitative estimate of drug-likeness (QED) is 0.739. The average Bonchev–Trinajstić information content (AvgIpc) is 2.39. The van der Waals surface area contributed by atoms with Crippen LogP contribution in [0.15, 0.2) is 0 Å². The van der Waals surface area contributed by atoms with Crippen LogP contribution in [0.3, 0.4) is 0 Å². The molecule has 110 valence electrons. The molecule has 2 fully saturated rings. The maximum Gasteiger partial charge on any atom is 0.309 e. The van der Waals surface area contributed by atoms with E-state index in [2.05, 4.69) is 0 Å². The van der Waals surface area contributed by atoms with E-state index in [0.29, 0.717) is 25.9 Å². The molecule has 0 spiro atoms. The normalized spacial score (nSPS) is 24.3. The largest absolute Gasteiger partial charge is 0.462 e. The van der Waals surface area contributed by atoms with Gasteiger partial charge in [0.2, 0.25) is 10.0 Å². The van der Waals surface area contributed by atoms with E-state index in [1.54, 1.807) is 0 Å². The zero-order valence-corrected chi connectivity index (χ0v) is 12.3. The first-order valence-corrected chi connectivity index (χ1v) is 8.97. The van der Waals surface area contributed by atoms with E-state index in [1.165, 1.54) is 17.0 Å². The van der Waals surface area contributed by atoms with E-state index in [-0.39, 0.29) is 18.0 Å². The van der Waals surface area contributed by atoms with Gasteiger partial charge in [0, 0.05) is 13.1 Å². The lowest BCUT2D eigenvalue weighted by Gasteiger charge is -2.30. The average molecular weight is 289 g/mol. The molecule has 2 rings (SSSR count). The number of carbonyl (C=O) groups excluding carboxylic acids is 1. The molecule has 2 aliphatic rings. The number of nitrogens with zero attached hydrogens (tertiary/aromatic N) is 1. The summed E-state index contributed by atoms with van der Waals surface area (Å²) in [7, 11) is -3.12. The standard InChI is InChI=1S/C13H23NO4S/c1-19(16,17)14-9-7-11(8-10-14)13(15)18-12-5-3-2-4-6-12/h11-12H,2-10H2,1H3. The molecule has 0 bridgehead atoms. The van der Waals surface area contributed by atoms with Crippen molar-refractivity contribution in [2.75, 3.05) is 19.3 Å². The van der Waals surface area contributed by atoms with Crippen LogP contribution in [0.5, 0.6) is 0 Å². The highest BCUT2D eigenvalue weighted by Gasteiger charge is 2.31. The summed E-state index contributed by atoms with van der Waals surface area (Å²) in [6, 6.07) is 0. The van der Waals surface area contributed by atoms with Crippen molar-refractivity contribution in [1.29, 1.82) is 0 Å². The number of hydrogen-bond acceptors (Lipinski definition) is 4. The van der Waals surface area contributed by atoms with E-state index < -0.39 is 10.0 Å². The SMILES string of the molecule is CS(=O)(=O)N1CCC(C(=O)OC2CCCCC2)CC1. The zero-order valence-electron chi connectivity index (χ0n) is 11.5. The second-order valence-electron chi connectivity index (χ2n) is 5.63. The van der Waals surface area contributed by atoms with Gasteiger partial charge in [-0.2, -0.15) is 0 Å². The lowest BCUT2D eigenvalue weighted by atomic mass is 9.96. The molecule has 0 aromatic rings. The Morgan fingerprint density at radius 3 is 2.16 bits per heavy atom. The summed E-state index contributed by atoms with van der Waals surface area (Å²) in [6.07, 6.45) is 7.96. The molecule has 19 heavy (non-hydrogen) atoms. The van der Waals surface area contributed by atoms with Crippen LogP contribution in [0, 0.1) is 5.92 Å². The molecule has 0 N–H and O–H groups in total. The number of ether oxygens (including phenoxy) is 1. The maximum atomic E-state index is 12.0. The Morgan fingerprint density at radius 1 is 1.05 bits per heavy atom. The van der Waals surface area contributed by atoms with Crippen LogP contribution in [-0.4, -0.2) is 44.1 Å². The summed E-state index contributed by atoms with van der Waals surface area (Å²) in [5, 5.41) is 0. The van der Waals surface area contributed by atoms with Crippen molar-refractivity contribution >= 4 is 16.0 Å². The molecule has 1 heterocycles. The summed E-state index contributed by atoms with van der Waals surface area (Å²) in [6.45, 7) is 0.868. The molecule has 1 saturated heterocycles.